The van der Waals surface area contributed by atoms with Gasteiger partial charge < -0.3 is 14.7 Å². The fourth-order valence-corrected chi connectivity index (χ4v) is 13.1. The molecule has 0 saturated heterocycles. The van der Waals surface area contributed by atoms with Crippen molar-refractivity contribution in [2.75, 3.05) is 14.7 Å². The average molecular weight is 920 g/mol. The van der Waals surface area contributed by atoms with Gasteiger partial charge in [0.1, 0.15) is 0 Å². The average Bonchev–Trinajstić information content (AvgIpc) is 3.55. The van der Waals surface area contributed by atoms with E-state index in [2.05, 4.69) is 257 Å². The fraction of sp³-hybridized carbons (Fsp3) is 0.364. The molecule has 1 aliphatic carbocycles. The van der Waals surface area contributed by atoms with Crippen molar-refractivity contribution in [2.45, 2.75) is 155 Å². The Morgan fingerprint density at radius 1 is 0.429 bits per heavy atom. The zero-order valence-corrected chi connectivity index (χ0v) is 44.6. The van der Waals surface area contributed by atoms with E-state index in [1.807, 2.05) is 0 Å². The Hall–Kier alpha value is -6.00. The highest BCUT2D eigenvalue weighted by Crippen LogP contribution is 2.64. The van der Waals surface area contributed by atoms with Crippen molar-refractivity contribution in [1.82, 2.24) is 0 Å². The molecule has 4 heteroatoms. The van der Waals surface area contributed by atoms with E-state index in [1.165, 1.54) is 114 Å². The SMILES string of the molecule is Cc1cc2c3c(c1)N(c1cccc(C(C)(C)C)c1)c1cc(C(C)(C)C)ccc1B3c1ccc(N3c4ccc(C(C)(C)C)cc4C4(c5ccccc5)CCCCC34C)cc1N2c1ccc(C(C)(C)C)cc1. The number of rotatable bonds is 4. The van der Waals surface area contributed by atoms with E-state index in [4.69, 9.17) is 0 Å². The molecule has 70 heavy (non-hydrogen) atoms. The first kappa shape index (κ1) is 46.4. The van der Waals surface area contributed by atoms with Crippen molar-refractivity contribution in [3.63, 3.8) is 0 Å². The maximum Gasteiger partial charge on any atom is 0.252 e. The van der Waals surface area contributed by atoms with Crippen molar-refractivity contribution in [3.8, 4) is 0 Å². The Labute approximate surface area is 421 Å². The molecule has 7 aromatic carbocycles. The highest BCUT2D eigenvalue weighted by atomic mass is 15.3. The predicted octanol–water partition coefficient (Wildman–Crippen LogP) is 16.0. The molecule has 0 spiro atoms. The van der Waals surface area contributed by atoms with Crippen LogP contribution in [0.1, 0.15) is 155 Å². The monoisotopic (exact) mass is 920 g/mol. The van der Waals surface area contributed by atoms with Gasteiger partial charge in [-0.25, -0.2) is 0 Å². The second-order valence-electron chi connectivity index (χ2n) is 25.8. The van der Waals surface area contributed by atoms with E-state index in [9.17, 15) is 0 Å². The molecule has 2 unspecified atom stereocenters. The van der Waals surface area contributed by atoms with Gasteiger partial charge in [0.25, 0.3) is 6.71 Å². The molecular formula is C66H74BN3. The zero-order valence-electron chi connectivity index (χ0n) is 44.6. The number of benzene rings is 7. The van der Waals surface area contributed by atoms with Crippen LogP contribution in [0.2, 0.25) is 0 Å². The van der Waals surface area contributed by atoms with Crippen molar-refractivity contribution < 1.29 is 0 Å². The smallest absolute Gasteiger partial charge is 0.252 e. The lowest BCUT2D eigenvalue weighted by atomic mass is 9.33. The molecule has 1 saturated carbocycles. The molecule has 2 atom stereocenters. The zero-order chi connectivity index (χ0) is 49.5. The Morgan fingerprint density at radius 2 is 0.957 bits per heavy atom. The van der Waals surface area contributed by atoms with E-state index in [0.29, 0.717) is 0 Å². The Balaban J connectivity index is 1.20. The van der Waals surface area contributed by atoms with Crippen LogP contribution >= 0.6 is 0 Å². The van der Waals surface area contributed by atoms with E-state index < -0.39 is 0 Å². The van der Waals surface area contributed by atoms with Gasteiger partial charge in [-0.2, -0.15) is 0 Å². The Bertz CT molecular complexity index is 3190. The minimum atomic E-state index is -0.196. The molecule has 7 aromatic rings. The van der Waals surface area contributed by atoms with E-state index in [1.54, 1.807) is 0 Å². The minimum Gasteiger partial charge on any atom is -0.334 e. The fourth-order valence-electron chi connectivity index (χ4n) is 13.1. The van der Waals surface area contributed by atoms with Crippen LogP contribution in [0, 0.1) is 6.92 Å². The van der Waals surface area contributed by atoms with Gasteiger partial charge in [-0.15, -0.1) is 0 Å². The highest BCUT2D eigenvalue weighted by molar-refractivity contribution is 7.00. The van der Waals surface area contributed by atoms with Gasteiger partial charge in [0, 0.05) is 50.9 Å². The third kappa shape index (κ3) is 7.04. The second-order valence-corrected chi connectivity index (χ2v) is 25.8. The molecule has 1 fully saturated rings. The van der Waals surface area contributed by atoms with Crippen LogP contribution in [0.4, 0.5) is 45.5 Å². The maximum atomic E-state index is 2.80. The second kappa shape index (κ2) is 15.8. The number of hydrogen-bond acceptors (Lipinski definition) is 3. The third-order valence-corrected chi connectivity index (χ3v) is 17.0. The van der Waals surface area contributed by atoms with Crippen LogP contribution in [0.5, 0.6) is 0 Å². The number of fused-ring (bicyclic) bond motifs is 7. The summed E-state index contributed by atoms with van der Waals surface area (Å²) >= 11 is 0. The summed E-state index contributed by atoms with van der Waals surface area (Å²) in [5.74, 6) is 0. The molecule has 0 bridgehead atoms. The molecule has 3 aliphatic heterocycles. The van der Waals surface area contributed by atoms with Crippen LogP contribution in [0.3, 0.4) is 0 Å². The lowest BCUT2D eigenvalue weighted by Gasteiger charge is -2.52. The first-order valence-electron chi connectivity index (χ1n) is 26.3. The maximum absolute atomic E-state index is 2.80. The van der Waals surface area contributed by atoms with Gasteiger partial charge in [0.05, 0.1) is 5.54 Å². The standard InChI is InChI=1S/C66H74BN3/c1-43-37-58-60-59(38-43)69(50-24-20-23-46(39-50)62(5,6)7)56-41-48(64(11,12)13)27-32-53(56)67(60)54-33-31-51(42-57(54)68(58)49-29-25-44(26-30-49)61(2,3)4)70-55-34-28-47(63(8,9)10)40-52(55)66(45-21-16-15-17-22-45)36-19-18-35-65(66,70)14/h15-17,20-34,37-42H,18-19,35-36H2,1-14H3. The molecule has 356 valence electrons. The van der Waals surface area contributed by atoms with Crippen molar-refractivity contribution >= 4 is 68.6 Å². The van der Waals surface area contributed by atoms with E-state index in [0.717, 1.165) is 12.8 Å². The highest BCUT2D eigenvalue weighted by Gasteiger charge is 2.61. The van der Waals surface area contributed by atoms with Crippen LogP contribution in [-0.4, -0.2) is 12.3 Å². The van der Waals surface area contributed by atoms with Gasteiger partial charge in [0.2, 0.25) is 0 Å². The van der Waals surface area contributed by atoms with Crippen LogP contribution < -0.4 is 31.1 Å². The number of aryl methyl sites for hydroxylation is 1. The van der Waals surface area contributed by atoms with Crippen molar-refractivity contribution in [1.29, 1.82) is 0 Å². The summed E-state index contributed by atoms with van der Waals surface area (Å²) in [4.78, 5) is 8.02. The summed E-state index contributed by atoms with van der Waals surface area (Å²) in [5, 5.41) is 0. The molecule has 0 N–H and O–H groups in total. The van der Waals surface area contributed by atoms with Gasteiger partial charge in [-0.05, 0) is 164 Å². The van der Waals surface area contributed by atoms with Gasteiger partial charge in [0.15, 0.2) is 0 Å². The first-order valence-corrected chi connectivity index (χ1v) is 26.3. The summed E-state index contributed by atoms with van der Waals surface area (Å²) in [7, 11) is 0. The minimum absolute atomic E-state index is 0.00328. The van der Waals surface area contributed by atoms with Crippen molar-refractivity contribution in [3.05, 3.63) is 185 Å². The molecule has 0 amide bonds. The van der Waals surface area contributed by atoms with Crippen LogP contribution in [0.15, 0.2) is 146 Å². The molecule has 4 aliphatic rings. The van der Waals surface area contributed by atoms with Crippen molar-refractivity contribution in [2.24, 2.45) is 0 Å². The summed E-state index contributed by atoms with van der Waals surface area (Å²) in [6.45, 7) is 33.0. The number of nitrogens with zero attached hydrogens (tertiary/aromatic N) is 3. The Morgan fingerprint density at radius 3 is 1.60 bits per heavy atom. The van der Waals surface area contributed by atoms with E-state index in [-0.39, 0.29) is 39.3 Å². The normalized spacial score (nSPS) is 19.6. The van der Waals surface area contributed by atoms with Gasteiger partial charge in [-0.3, -0.25) is 0 Å². The molecule has 3 nitrogen and oxygen atoms in total. The van der Waals surface area contributed by atoms with Crippen LogP contribution in [0.25, 0.3) is 0 Å². The lowest BCUT2D eigenvalue weighted by molar-refractivity contribution is 0.215. The summed E-state index contributed by atoms with van der Waals surface area (Å²) in [5.41, 5.74) is 23.4. The van der Waals surface area contributed by atoms with Crippen LogP contribution in [-0.2, 0) is 27.1 Å². The third-order valence-electron chi connectivity index (χ3n) is 17.0. The molecule has 3 heterocycles. The molecule has 11 rings (SSSR count). The predicted molar refractivity (Wildman–Crippen MR) is 303 cm³/mol. The lowest BCUT2D eigenvalue weighted by Crippen LogP contribution is -2.61. The molecular weight excluding hydrogens is 846 g/mol. The summed E-state index contributed by atoms with van der Waals surface area (Å²) in [6.07, 6.45) is 4.66. The quantitative estimate of drug-likeness (QED) is 0.163. The first-order chi connectivity index (χ1) is 33.0. The molecule has 0 radical (unpaired) electrons. The summed E-state index contributed by atoms with van der Waals surface area (Å²) in [6, 6.07) is 57.8. The topological polar surface area (TPSA) is 9.72 Å². The van der Waals surface area contributed by atoms with Gasteiger partial charge >= 0.3 is 0 Å². The summed E-state index contributed by atoms with van der Waals surface area (Å²) < 4.78 is 0. The van der Waals surface area contributed by atoms with E-state index >= 15 is 0 Å². The number of anilines is 8. The Kier molecular flexibility index (Phi) is 10.4. The molecule has 0 aromatic heterocycles. The number of hydrogen-bond donors (Lipinski definition) is 0. The largest absolute Gasteiger partial charge is 0.334 e. The van der Waals surface area contributed by atoms with Gasteiger partial charge in [-0.1, -0.05) is 181 Å².